The summed E-state index contributed by atoms with van der Waals surface area (Å²) >= 11 is 2.85. The Morgan fingerprint density at radius 1 is 1.05 bits per heavy atom. The van der Waals surface area contributed by atoms with Gasteiger partial charge in [0.1, 0.15) is 11.6 Å². The number of nitrogen functional groups attached to an aromatic ring is 1. The second-order valence-corrected chi connectivity index (χ2v) is 6.57. The van der Waals surface area contributed by atoms with Crippen LogP contribution >= 0.6 is 15.9 Å². The largest absolute Gasteiger partial charge is 0.396 e. The molecular formula is C12H8BrF3N2O2S. The molecule has 0 fully saturated rings. The maximum absolute atomic E-state index is 13.6. The second-order valence-electron chi connectivity index (χ2n) is 4.03. The van der Waals surface area contributed by atoms with Crippen LogP contribution < -0.4 is 10.5 Å². The molecule has 0 atom stereocenters. The van der Waals surface area contributed by atoms with Gasteiger partial charge >= 0.3 is 0 Å². The average Bonchev–Trinajstić information content (AvgIpc) is 2.37. The van der Waals surface area contributed by atoms with Crippen LogP contribution in [0.25, 0.3) is 0 Å². The van der Waals surface area contributed by atoms with Crippen molar-refractivity contribution in [1.29, 1.82) is 0 Å². The molecule has 3 N–H and O–H groups in total. The smallest absolute Gasteiger partial charge is 0.262 e. The lowest BCUT2D eigenvalue weighted by atomic mass is 10.3. The number of anilines is 2. The monoisotopic (exact) mass is 380 g/mol. The van der Waals surface area contributed by atoms with Crippen molar-refractivity contribution in [1.82, 2.24) is 0 Å². The van der Waals surface area contributed by atoms with E-state index in [0.29, 0.717) is 12.1 Å². The number of hydrogen-bond acceptors (Lipinski definition) is 3. The van der Waals surface area contributed by atoms with Gasteiger partial charge in [-0.05, 0) is 40.2 Å². The van der Waals surface area contributed by atoms with Crippen LogP contribution in [-0.2, 0) is 10.0 Å². The average molecular weight is 381 g/mol. The molecule has 112 valence electrons. The predicted molar refractivity (Wildman–Crippen MR) is 75.7 cm³/mol. The Hall–Kier alpha value is -1.74. The Labute approximate surface area is 127 Å². The summed E-state index contributed by atoms with van der Waals surface area (Å²) in [7, 11) is -4.25. The van der Waals surface area contributed by atoms with Gasteiger partial charge in [0, 0.05) is 10.5 Å². The molecule has 0 unspecified atom stereocenters. The van der Waals surface area contributed by atoms with Crippen LogP contribution in [-0.4, -0.2) is 8.42 Å². The lowest BCUT2D eigenvalue weighted by Crippen LogP contribution is -2.15. The normalized spacial score (nSPS) is 11.4. The Bertz CT molecular complexity index is 789. The van der Waals surface area contributed by atoms with E-state index in [4.69, 9.17) is 5.73 Å². The first-order valence-corrected chi connectivity index (χ1v) is 7.71. The Morgan fingerprint density at radius 2 is 1.71 bits per heavy atom. The Morgan fingerprint density at radius 3 is 2.29 bits per heavy atom. The predicted octanol–water partition coefficient (Wildman–Crippen LogP) is 3.25. The summed E-state index contributed by atoms with van der Waals surface area (Å²) in [6.07, 6.45) is 0. The molecule has 2 aromatic rings. The molecule has 0 saturated carbocycles. The number of rotatable bonds is 3. The SMILES string of the molecule is Nc1ccc(S(=O)(=O)Nc2c(F)cc(F)cc2Br)cc1F. The van der Waals surface area contributed by atoms with Crippen molar-refractivity contribution in [2.75, 3.05) is 10.5 Å². The number of halogens is 4. The fourth-order valence-electron chi connectivity index (χ4n) is 1.51. The van der Waals surface area contributed by atoms with E-state index in [2.05, 4.69) is 15.9 Å². The number of sulfonamides is 1. The third kappa shape index (κ3) is 3.30. The van der Waals surface area contributed by atoms with Gasteiger partial charge in [-0.1, -0.05) is 0 Å². The highest BCUT2D eigenvalue weighted by molar-refractivity contribution is 9.10. The molecule has 21 heavy (non-hydrogen) atoms. The molecule has 0 radical (unpaired) electrons. The van der Waals surface area contributed by atoms with Crippen molar-refractivity contribution >= 4 is 37.3 Å². The minimum absolute atomic E-state index is 0.125. The summed E-state index contributed by atoms with van der Waals surface area (Å²) in [6.45, 7) is 0. The van der Waals surface area contributed by atoms with Crippen LogP contribution in [0.3, 0.4) is 0 Å². The maximum atomic E-state index is 13.6. The van der Waals surface area contributed by atoms with Gasteiger partial charge in [0.2, 0.25) is 0 Å². The van der Waals surface area contributed by atoms with E-state index in [1.54, 1.807) is 0 Å². The van der Waals surface area contributed by atoms with E-state index in [1.807, 2.05) is 4.72 Å². The summed E-state index contributed by atoms with van der Waals surface area (Å²) in [6, 6.07) is 4.25. The standard InChI is InChI=1S/C12H8BrF3N2O2S/c13-8-3-6(14)4-10(16)12(8)18-21(19,20)7-1-2-11(17)9(15)5-7/h1-5,18H,17H2. The van der Waals surface area contributed by atoms with Gasteiger partial charge in [0.15, 0.2) is 5.82 Å². The molecule has 0 saturated heterocycles. The molecule has 0 heterocycles. The summed E-state index contributed by atoms with van der Waals surface area (Å²) < 4.78 is 65.8. The number of hydrogen-bond donors (Lipinski definition) is 2. The quantitative estimate of drug-likeness (QED) is 0.802. The zero-order chi connectivity index (χ0) is 15.8. The summed E-state index contributed by atoms with van der Waals surface area (Å²) in [5, 5.41) is 0. The number of benzene rings is 2. The van der Waals surface area contributed by atoms with E-state index in [1.165, 1.54) is 0 Å². The molecule has 4 nitrogen and oxygen atoms in total. The second kappa shape index (κ2) is 5.57. The van der Waals surface area contributed by atoms with Crippen LogP contribution in [0, 0.1) is 17.5 Å². The molecular weight excluding hydrogens is 373 g/mol. The summed E-state index contributed by atoms with van der Waals surface area (Å²) in [4.78, 5) is -0.440. The van der Waals surface area contributed by atoms with Gasteiger partial charge < -0.3 is 5.73 Å². The molecule has 0 amide bonds. The summed E-state index contributed by atoms with van der Waals surface area (Å²) in [5.41, 5.74) is 4.55. The molecule has 2 aromatic carbocycles. The van der Waals surface area contributed by atoms with E-state index < -0.39 is 38.1 Å². The van der Waals surface area contributed by atoms with Crippen molar-refractivity contribution in [3.05, 3.63) is 52.3 Å². The van der Waals surface area contributed by atoms with Crippen LogP contribution in [0.1, 0.15) is 0 Å². The van der Waals surface area contributed by atoms with Gasteiger partial charge in [-0.15, -0.1) is 0 Å². The third-order valence-corrected chi connectivity index (χ3v) is 4.50. The highest BCUT2D eigenvalue weighted by Crippen LogP contribution is 2.29. The van der Waals surface area contributed by atoms with Crippen molar-refractivity contribution in [2.24, 2.45) is 0 Å². The first kappa shape index (κ1) is 15.6. The van der Waals surface area contributed by atoms with E-state index in [9.17, 15) is 21.6 Å². The van der Waals surface area contributed by atoms with Crippen LogP contribution in [0.15, 0.2) is 39.7 Å². The van der Waals surface area contributed by atoms with Gasteiger partial charge in [-0.3, -0.25) is 4.72 Å². The van der Waals surface area contributed by atoms with Crippen molar-refractivity contribution in [3.8, 4) is 0 Å². The maximum Gasteiger partial charge on any atom is 0.262 e. The highest BCUT2D eigenvalue weighted by Gasteiger charge is 2.20. The number of nitrogens with one attached hydrogen (secondary N) is 1. The molecule has 0 aliphatic carbocycles. The molecule has 0 aromatic heterocycles. The molecule has 0 aliphatic heterocycles. The first-order valence-electron chi connectivity index (χ1n) is 5.43. The van der Waals surface area contributed by atoms with Crippen LogP contribution in [0.5, 0.6) is 0 Å². The first-order chi connectivity index (χ1) is 9.70. The molecule has 2 rings (SSSR count). The van der Waals surface area contributed by atoms with E-state index >= 15 is 0 Å². The van der Waals surface area contributed by atoms with Gasteiger partial charge in [0.25, 0.3) is 10.0 Å². The topological polar surface area (TPSA) is 72.2 Å². The zero-order valence-corrected chi connectivity index (χ0v) is 12.6. The highest BCUT2D eigenvalue weighted by atomic mass is 79.9. The van der Waals surface area contributed by atoms with E-state index in [-0.39, 0.29) is 10.2 Å². The zero-order valence-electron chi connectivity index (χ0n) is 10.2. The Kier molecular flexibility index (Phi) is 4.15. The minimum atomic E-state index is -4.25. The van der Waals surface area contributed by atoms with Crippen LogP contribution in [0.4, 0.5) is 24.5 Å². The fourth-order valence-corrected chi connectivity index (χ4v) is 3.25. The molecule has 0 bridgehead atoms. The van der Waals surface area contributed by atoms with Gasteiger partial charge in [0.05, 0.1) is 16.3 Å². The molecule has 0 aliphatic rings. The van der Waals surface area contributed by atoms with Gasteiger partial charge in [-0.2, -0.15) is 0 Å². The van der Waals surface area contributed by atoms with Crippen molar-refractivity contribution < 1.29 is 21.6 Å². The fraction of sp³-hybridized carbons (Fsp3) is 0. The third-order valence-electron chi connectivity index (χ3n) is 2.53. The molecule has 9 heteroatoms. The van der Waals surface area contributed by atoms with Gasteiger partial charge in [-0.25, -0.2) is 21.6 Å². The minimum Gasteiger partial charge on any atom is -0.396 e. The Balaban J connectivity index is 2.44. The van der Waals surface area contributed by atoms with E-state index in [0.717, 1.165) is 18.2 Å². The molecule has 0 spiro atoms. The summed E-state index contributed by atoms with van der Waals surface area (Å²) in [5.74, 6) is -2.90. The van der Waals surface area contributed by atoms with Crippen LogP contribution in [0.2, 0.25) is 0 Å². The lowest BCUT2D eigenvalue weighted by Gasteiger charge is -2.11. The van der Waals surface area contributed by atoms with Crippen molar-refractivity contribution in [3.63, 3.8) is 0 Å². The lowest BCUT2D eigenvalue weighted by molar-refractivity contribution is 0.581. The van der Waals surface area contributed by atoms with Crippen molar-refractivity contribution in [2.45, 2.75) is 4.90 Å². The number of nitrogens with two attached hydrogens (primary N) is 1.